The van der Waals surface area contributed by atoms with Crippen molar-refractivity contribution in [2.45, 2.75) is 25.8 Å². The summed E-state index contributed by atoms with van der Waals surface area (Å²) in [6.07, 6.45) is -4.04. The second-order valence-corrected chi connectivity index (χ2v) is 3.04. The van der Waals surface area contributed by atoms with E-state index in [1.807, 2.05) is 0 Å². The van der Waals surface area contributed by atoms with Crippen molar-refractivity contribution in [3.63, 3.8) is 0 Å². The minimum Gasteiger partial charge on any atom is -0.359 e. The summed E-state index contributed by atoms with van der Waals surface area (Å²) in [4.78, 5) is 10.7. The number of aromatic nitrogens is 1. The molecule has 0 aliphatic carbocycles. The molecule has 16 heavy (non-hydrogen) atoms. The summed E-state index contributed by atoms with van der Waals surface area (Å²) in [5, 5.41) is 5.06. The van der Waals surface area contributed by atoms with E-state index in [0.29, 0.717) is 5.69 Å². The molecule has 0 aliphatic rings. The Morgan fingerprint density at radius 3 is 2.69 bits per heavy atom. The monoisotopic (exact) mass is 240 g/mol. The Kier molecular flexibility index (Phi) is 3.51. The van der Waals surface area contributed by atoms with Crippen LogP contribution in [-0.2, 0) is 11.3 Å². The van der Waals surface area contributed by atoms with E-state index < -0.39 is 24.8 Å². The lowest BCUT2D eigenvalue weighted by Gasteiger charge is -2.13. The molecule has 8 heteroatoms. The van der Waals surface area contributed by atoms with Gasteiger partial charge in [0.05, 0.1) is 12.2 Å². The van der Waals surface area contributed by atoms with E-state index in [4.69, 9.17) is 0 Å². The number of alkyl halides is 4. The minimum absolute atomic E-state index is 0.107. The predicted octanol–water partition coefficient (Wildman–Crippen LogP) is 1.50. The van der Waals surface area contributed by atoms with E-state index >= 15 is 0 Å². The van der Waals surface area contributed by atoms with Gasteiger partial charge in [0.25, 0.3) is 5.91 Å². The number of amides is 1. The molecule has 1 rings (SSSR count). The maximum atomic E-state index is 12.4. The molecule has 1 aromatic rings. The van der Waals surface area contributed by atoms with Gasteiger partial charge in [0.15, 0.2) is 5.76 Å². The summed E-state index contributed by atoms with van der Waals surface area (Å²) in [5.41, 5.74) is 0.491. The lowest BCUT2D eigenvalue weighted by molar-refractivity contribution is -0.169. The van der Waals surface area contributed by atoms with E-state index in [2.05, 4.69) is 9.68 Å². The zero-order chi connectivity index (χ0) is 12.3. The van der Waals surface area contributed by atoms with Crippen LogP contribution in [0.5, 0.6) is 0 Å². The Hall–Kier alpha value is -1.60. The molecule has 90 valence electrons. The van der Waals surface area contributed by atoms with Crippen LogP contribution in [0.2, 0.25) is 0 Å². The smallest absolute Gasteiger partial charge is 0.359 e. The van der Waals surface area contributed by atoms with Crippen molar-refractivity contribution in [1.29, 1.82) is 0 Å². The summed E-state index contributed by atoms with van der Waals surface area (Å²) >= 11 is 0. The fraction of sp³-hybridized carbons (Fsp3) is 0.500. The summed E-state index contributed by atoms with van der Waals surface area (Å²) in [5.74, 6) is -6.64. The summed E-state index contributed by atoms with van der Waals surface area (Å²) in [6.45, 7) is 1.17. The second-order valence-electron chi connectivity index (χ2n) is 3.04. The molecule has 1 amide bonds. The van der Waals surface area contributed by atoms with Gasteiger partial charge in [-0.2, -0.15) is 8.78 Å². The highest BCUT2D eigenvalue weighted by Gasteiger charge is 2.48. The average Bonchev–Trinajstić information content (AvgIpc) is 2.60. The lowest BCUT2D eigenvalue weighted by Crippen LogP contribution is -2.44. The number of hydrogen-bond donors (Lipinski definition) is 1. The molecule has 0 saturated heterocycles. The van der Waals surface area contributed by atoms with Crippen LogP contribution in [0.1, 0.15) is 11.5 Å². The van der Waals surface area contributed by atoms with E-state index in [9.17, 15) is 22.4 Å². The second kappa shape index (κ2) is 4.50. The Labute approximate surface area is 87.6 Å². The molecule has 0 spiro atoms. The molecule has 0 atom stereocenters. The normalized spacial score (nSPS) is 11.9. The Balaban J connectivity index is 2.53. The molecule has 1 heterocycles. The highest BCUT2D eigenvalue weighted by molar-refractivity contribution is 5.83. The Morgan fingerprint density at radius 2 is 2.25 bits per heavy atom. The van der Waals surface area contributed by atoms with Crippen molar-refractivity contribution in [3.05, 3.63) is 17.5 Å². The number of carbonyl (C=O) groups excluding carboxylic acids is 1. The van der Waals surface area contributed by atoms with Crippen LogP contribution in [-0.4, -0.2) is 23.4 Å². The van der Waals surface area contributed by atoms with Gasteiger partial charge in [0.1, 0.15) is 0 Å². The number of aryl methyl sites for hydroxylation is 1. The fourth-order valence-corrected chi connectivity index (χ4v) is 0.884. The highest BCUT2D eigenvalue weighted by Crippen LogP contribution is 2.22. The van der Waals surface area contributed by atoms with E-state index in [-0.39, 0.29) is 5.76 Å². The van der Waals surface area contributed by atoms with Crippen molar-refractivity contribution in [2.75, 3.05) is 0 Å². The summed E-state index contributed by atoms with van der Waals surface area (Å²) in [6, 6.07) is 1.39. The van der Waals surface area contributed by atoms with Crippen molar-refractivity contribution >= 4 is 5.91 Å². The van der Waals surface area contributed by atoms with Crippen molar-refractivity contribution in [1.82, 2.24) is 10.5 Å². The van der Waals surface area contributed by atoms with Gasteiger partial charge in [-0.3, -0.25) is 4.79 Å². The van der Waals surface area contributed by atoms with Crippen LogP contribution in [0.25, 0.3) is 0 Å². The maximum absolute atomic E-state index is 12.4. The zero-order valence-electron chi connectivity index (χ0n) is 8.14. The molecule has 4 nitrogen and oxygen atoms in total. The van der Waals surface area contributed by atoms with Gasteiger partial charge in [0.2, 0.25) is 0 Å². The first-order chi connectivity index (χ1) is 7.34. The Morgan fingerprint density at radius 1 is 1.62 bits per heavy atom. The molecular formula is C8H8F4N2O2. The molecule has 0 aliphatic heterocycles. The highest BCUT2D eigenvalue weighted by atomic mass is 19.3. The van der Waals surface area contributed by atoms with Gasteiger partial charge in [-0.15, -0.1) is 0 Å². The van der Waals surface area contributed by atoms with E-state index in [1.165, 1.54) is 6.07 Å². The van der Waals surface area contributed by atoms with Crippen LogP contribution in [0, 0.1) is 6.92 Å². The molecule has 1 N–H and O–H groups in total. The van der Waals surface area contributed by atoms with E-state index in [1.54, 1.807) is 12.2 Å². The third-order valence-corrected chi connectivity index (χ3v) is 1.68. The Bertz CT molecular complexity index is 378. The van der Waals surface area contributed by atoms with Gasteiger partial charge in [-0.1, -0.05) is 5.16 Å². The lowest BCUT2D eigenvalue weighted by atomic mass is 10.3. The average molecular weight is 240 g/mol. The van der Waals surface area contributed by atoms with Crippen LogP contribution in [0.4, 0.5) is 17.6 Å². The third kappa shape index (κ3) is 2.71. The molecule has 1 aromatic heterocycles. The zero-order valence-corrected chi connectivity index (χ0v) is 8.14. The summed E-state index contributed by atoms with van der Waals surface area (Å²) < 4.78 is 53.0. The van der Waals surface area contributed by atoms with Crippen LogP contribution < -0.4 is 5.32 Å². The van der Waals surface area contributed by atoms with E-state index in [0.717, 1.165) is 0 Å². The van der Waals surface area contributed by atoms with Gasteiger partial charge in [-0.05, 0) is 6.92 Å². The first kappa shape index (κ1) is 12.5. The van der Waals surface area contributed by atoms with Crippen molar-refractivity contribution in [2.24, 2.45) is 0 Å². The number of halogens is 4. The number of hydrogen-bond acceptors (Lipinski definition) is 3. The largest absolute Gasteiger partial charge is 0.383 e. The van der Waals surface area contributed by atoms with Gasteiger partial charge >= 0.3 is 12.3 Å². The molecule has 0 radical (unpaired) electrons. The number of nitrogens with zero attached hydrogens (tertiary/aromatic N) is 1. The fourth-order valence-electron chi connectivity index (χ4n) is 0.884. The third-order valence-electron chi connectivity index (χ3n) is 1.68. The number of carbonyl (C=O) groups is 1. The number of nitrogens with one attached hydrogen (secondary N) is 1. The standard InChI is InChI=1S/C8H8F4N2O2/c1-4-2-5(16-14-4)3-13-7(15)8(11,12)6(9)10/h2,6H,3H2,1H3,(H,13,15). The van der Waals surface area contributed by atoms with Crippen molar-refractivity contribution in [3.8, 4) is 0 Å². The summed E-state index contributed by atoms with van der Waals surface area (Å²) in [7, 11) is 0. The van der Waals surface area contributed by atoms with Gasteiger partial charge in [0, 0.05) is 6.07 Å². The van der Waals surface area contributed by atoms with Crippen LogP contribution >= 0.6 is 0 Å². The predicted molar refractivity (Wildman–Crippen MR) is 44.0 cm³/mol. The SMILES string of the molecule is Cc1cc(CNC(=O)C(F)(F)C(F)F)on1. The van der Waals surface area contributed by atoms with Gasteiger partial charge in [-0.25, -0.2) is 8.78 Å². The molecular weight excluding hydrogens is 232 g/mol. The first-order valence-corrected chi connectivity index (χ1v) is 4.20. The van der Waals surface area contributed by atoms with Gasteiger partial charge < -0.3 is 9.84 Å². The quantitative estimate of drug-likeness (QED) is 0.811. The van der Waals surface area contributed by atoms with Crippen LogP contribution in [0.15, 0.2) is 10.6 Å². The molecule has 0 unspecified atom stereocenters. The van der Waals surface area contributed by atoms with Crippen LogP contribution in [0.3, 0.4) is 0 Å². The maximum Gasteiger partial charge on any atom is 0.383 e. The molecule has 0 aromatic carbocycles. The van der Waals surface area contributed by atoms with Crippen molar-refractivity contribution < 1.29 is 26.9 Å². The molecule has 0 saturated carbocycles. The molecule has 0 fully saturated rings. The number of rotatable bonds is 4. The topological polar surface area (TPSA) is 55.1 Å². The first-order valence-electron chi connectivity index (χ1n) is 4.20. The molecule has 0 bridgehead atoms. The minimum atomic E-state index is -4.70.